The molecule has 0 heterocycles. The molecule has 0 rings (SSSR count). The van der Waals surface area contributed by atoms with Gasteiger partial charge in [-0.15, -0.1) is 0 Å². The van der Waals surface area contributed by atoms with E-state index in [0.29, 0.717) is 0 Å². The van der Waals surface area contributed by atoms with Crippen LogP contribution in [-0.4, -0.2) is 193 Å². The van der Waals surface area contributed by atoms with Gasteiger partial charge in [0.1, 0.15) is 97.7 Å². The molecular formula is C50H92O28. The third-order valence-electron chi connectivity index (χ3n) is 7.52. The van der Waals surface area contributed by atoms with E-state index < -0.39 is 133 Å². The smallest absolute Gasteiger partial charge is 0.430 e. The van der Waals surface area contributed by atoms with Crippen LogP contribution in [0.1, 0.15) is 152 Å². The first-order valence-electron chi connectivity index (χ1n) is 24.8. The molecule has 0 saturated heterocycles. The molecular weight excluding hydrogens is 1050 g/mol. The Balaban J connectivity index is -0.000000468. The van der Waals surface area contributed by atoms with E-state index in [4.69, 9.17) is 86.7 Å². The van der Waals surface area contributed by atoms with Crippen LogP contribution >= 0.6 is 0 Å². The fourth-order valence-corrected chi connectivity index (χ4v) is 3.67. The zero-order chi connectivity index (χ0) is 61.9. The lowest BCUT2D eigenvalue weighted by Gasteiger charge is -2.21. The molecule has 0 aliphatic carbocycles. The third kappa shape index (κ3) is 54.8. The fourth-order valence-electron chi connectivity index (χ4n) is 3.67. The Hall–Kier alpha value is -6.00. The zero-order valence-corrected chi connectivity index (χ0v) is 49.6. The Labute approximate surface area is 458 Å². The van der Waals surface area contributed by atoms with Gasteiger partial charge in [-0.3, -0.25) is 0 Å². The molecule has 10 atom stereocenters. The maximum atomic E-state index is 11.3. The molecule has 0 aliphatic heterocycles. The van der Waals surface area contributed by atoms with Crippen LogP contribution in [0.25, 0.3) is 0 Å². The van der Waals surface area contributed by atoms with Gasteiger partial charge in [0.05, 0.1) is 25.4 Å². The molecule has 0 aromatic carbocycles. The first-order valence-corrected chi connectivity index (χ1v) is 24.8. The van der Waals surface area contributed by atoms with Crippen molar-refractivity contribution in [2.45, 2.75) is 236 Å². The Morgan fingerprint density at radius 2 is 0.487 bits per heavy atom. The third-order valence-corrected chi connectivity index (χ3v) is 7.52. The van der Waals surface area contributed by atoms with Crippen LogP contribution in [0.3, 0.4) is 0 Å². The van der Waals surface area contributed by atoms with Gasteiger partial charge in [0, 0.05) is 0 Å². The largest absolute Gasteiger partial charge is 0.509 e. The highest BCUT2D eigenvalue weighted by molar-refractivity contribution is 5.63. The SMILES string of the molecule is CC(CO)OC(=O)OC(C)COC(=O)OC(C)(C)C.CC(CO)OC(=O)OCC(C)OC(=O)OC(C)(C)C.CC(COC(=O)OC(C)(C)C)OC(=O)OC(C)C(C)O.CC(COC(=O)OC(C)C(C)O)OC(=O)OC(C)(C)C. The summed E-state index contributed by atoms with van der Waals surface area (Å²) < 4.78 is 77.0. The van der Waals surface area contributed by atoms with Crippen LogP contribution in [-0.2, 0) is 75.8 Å². The molecule has 4 N–H and O–H groups in total. The van der Waals surface area contributed by atoms with E-state index in [1.54, 1.807) is 104 Å². The van der Waals surface area contributed by atoms with E-state index in [2.05, 4.69) is 9.47 Å². The normalized spacial score (nSPS) is 15.0. The summed E-state index contributed by atoms with van der Waals surface area (Å²) in [5, 5.41) is 35.7. The molecule has 78 heavy (non-hydrogen) atoms. The molecule has 0 bridgehead atoms. The number of ether oxygens (including phenoxy) is 16. The molecule has 28 heteroatoms. The summed E-state index contributed by atoms with van der Waals surface area (Å²) >= 11 is 0. The van der Waals surface area contributed by atoms with Gasteiger partial charge in [0.2, 0.25) is 0 Å². The van der Waals surface area contributed by atoms with Gasteiger partial charge in [0.25, 0.3) is 0 Å². The summed E-state index contributed by atoms with van der Waals surface area (Å²) in [4.78, 5) is 89.9. The summed E-state index contributed by atoms with van der Waals surface area (Å²) in [6.45, 7) is 34.6. The number of aliphatic hydroxyl groups is 4. The number of carbonyl (C=O) groups is 8. The number of hydrogen-bond donors (Lipinski definition) is 4. The minimum Gasteiger partial charge on any atom is -0.430 e. The Morgan fingerprint density at radius 1 is 0.295 bits per heavy atom. The Kier molecular flexibility index (Phi) is 39.6. The van der Waals surface area contributed by atoms with Crippen molar-refractivity contribution in [3.8, 4) is 0 Å². The zero-order valence-electron chi connectivity index (χ0n) is 49.6. The van der Waals surface area contributed by atoms with Crippen molar-refractivity contribution in [3.63, 3.8) is 0 Å². The lowest BCUT2D eigenvalue weighted by Crippen LogP contribution is -2.30. The maximum absolute atomic E-state index is 11.3. The van der Waals surface area contributed by atoms with Gasteiger partial charge in [-0.2, -0.15) is 0 Å². The van der Waals surface area contributed by atoms with Gasteiger partial charge in [-0.05, 0) is 152 Å². The van der Waals surface area contributed by atoms with Crippen LogP contribution in [0.5, 0.6) is 0 Å². The lowest BCUT2D eigenvalue weighted by molar-refractivity contribution is -0.0524. The standard InChI is InChI=1S/2C13H24O7.2C12H22O7/c1-8(7-17-11(15)20-13(4,5)6)18-12(16)19-10(3)9(2)14;1-8(18-12(16)20-13(4,5)6)7-17-11(15)19-10(3)9(2)14;1-8(6-13)17-11(15)18-9(2)7-16-10(14)19-12(3,4)5;1-8(6-13)17-10(14)16-7-9(2)18-11(15)19-12(3,4)5/h2*8-10,14H,7H2,1-6H3;2*8-9,13H,6-7H2,1-5H3. The fraction of sp³-hybridized carbons (Fsp3) is 0.840. The summed E-state index contributed by atoms with van der Waals surface area (Å²) in [5.74, 6) is 0. The van der Waals surface area contributed by atoms with E-state index in [1.165, 1.54) is 48.5 Å². The topological polar surface area (TPSA) is 365 Å². The van der Waals surface area contributed by atoms with E-state index in [1.807, 2.05) is 0 Å². The highest BCUT2D eigenvalue weighted by Crippen LogP contribution is 2.13. The van der Waals surface area contributed by atoms with Crippen molar-refractivity contribution < 1.29 is 135 Å². The van der Waals surface area contributed by atoms with Crippen molar-refractivity contribution in [1.82, 2.24) is 0 Å². The quantitative estimate of drug-likeness (QED) is 0.0658. The van der Waals surface area contributed by atoms with Gasteiger partial charge in [0.15, 0.2) is 0 Å². The summed E-state index contributed by atoms with van der Waals surface area (Å²) in [7, 11) is 0. The molecule has 0 fully saturated rings. The number of aliphatic hydroxyl groups excluding tert-OH is 4. The average molecular weight is 1140 g/mol. The Morgan fingerprint density at radius 3 is 0.744 bits per heavy atom. The van der Waals surface area contributed by atoms with Gasteiger partial charge < -0.3 is 96.2 Å². The lowest BCUT2D eigenvalue weighted by atomic mass is 10.2. The first kappa shape index (κ1) is 78.5. The van der Waals surface area contributed by atoms with Crippen molar-refractivity contribution in [1.29, 1.82) is 0 Å². The molecule has 0 radical (unpaired) electrons. The molecule has 0 amide bonds. The second-order valence-electron chi connectivity index (χ2n) is 21.2. The van der Waals surface area contributed by atoms with Crippen LogP contribution in [0.4, 0.5) is 38.4 Å². The highest BCUT2D eigenvalue weighted by atomic mass is 16.8. The minimum atomic E-state index is -0.932. The van der Waals surface area contributed by atoms with Crippen molar-refractivity contribution in [2.24, 2.45) is 0 Å². The number of carbonyl (C=O) groups excluding carboxylic acids is 8. The number of hydrogen-bond acceptors (Lipinski definition) is 28. The first-order chi connectivity index (χ1) is 35.3. The molecule has 10 unspecified atom stereocenters. The van der Waals surface area contributed by atoms with E-state index in [-0.39, 0.29) is 39.6 Å². The van der Waals surface area contributed by atoms with Crippen molar-refractivity contribution in [3.05, 3.63) is 0 Å². The molecule has 0 saturated carbocycles. The molecule has 0 aromatic heterocycles. The summed E-state index contributed by atoms with van der Waals surface area (Å²) in [6.07, 6.45) is -14.0. The van der Waals surface area contributed by atoms with E-state index in [0.717, 1.165) is 0 Å². The predicted octanol–water partition coefficient (Wildman–Crippen LogP) is 8.22. The van der Waals surface area contributed by atoms with Crippen LogP contribution in [0.15, 0.2) is 0 Å². The highest BCUT2D eigenvalue weighted by Gasteiger charge is 2.25. The second-order valence-corrected chi connectivity index (χ2v) is 21.2. The van der Waals surface area contributed by atoms with Gasteiger partial charge in [-0.1, -0.05) is 0 Å². The predicted molar refractivity (Wildman–Crippen MR) is 272 cm³/mol. The van der Waals surface area contributed by atoms with Gasteiger partial charge >= 0.3 is 49.2 Å². The van der Waals surface area contributed by atoms with Crippen molar-refractivity contribution >= 4 is 49.2 Å². The van der Waals surface area contributed by atoms with Crippen molar-refractivity contribution in [2.75, 3.05) is 39.6 Å². The molecule has 0 spiro atoms. The van der Waals surface area contributed by atoms with E-state index >= 15 is 0 Å². The summed E-state index contributed by atoms with van der Waals surface area (Å²) in [6, 6.07) is 0. The second kappa shape index (κ2) is 39.4. The van der Waals surface area contributed by atoms with Gasteiger partial charge in [-0.25, -0.2) is 38.4 Å². The number of rotatable bonds is 20. The minimum absolute atomic E-state index is 0.141. The van der Waals surface area contributed by atoms with Crippen LogP contribution in [0, 0.1) is 0 Å². The monoisotopic (exact) mass is 1140 g/mol. The Bertz CT molecular complexity index is 1720. The molecule has 0 aromatic rings. The molecule has 28 nitrogen and oxygen atoms in total. The van der Waals surface area contributed by atoms with Crippen LogP contribution in [0.2, 0.25) is 0 Å². The average Bonchev–Trinajstić information content (AvgIpc) is 3.24. The molecule has 460 valence electrons. The molecule has 0 aliphatic rings. The van der Waals surface area contributed by atoms with Crippen LogP contribution < -0.4 is 0 Å². The van der Waals surface area contributed by atoms with E-state index in [9.17, 15) is 38.4 Å². The summed E-state index contributed by atoms with van der Waals surface area (Å²) in [5.41, 5.74) is -2.58. The maximum Gasteiger partial charge on any atom is 0.509 e.